The number of hydrogen-bond acceptors (Lipinski definition) is 4. The highest BCUT2D eigenvalue weighted by molar-refractivity contribution is 5.79. The highest BCUT2D eigenvalue weighted by atomic mass is 16.5. The molecule has 0 aliphatic heterocycles. The van der Waals surface area contributed by atoms with Crippen LogP contribution in [0.25, 0.3) is 0 Å². The molecule has 120 valence electrons. The van der Waals surface area contributed by atoms with E-state index in [9.17, 15) is 9.59 Å². The summed E-state index contributed by atoms with van der Waals surface area (Å²) in [5, 5.41) is 5.40. The maximum atomic E-state index is 11.8. The first-order chi connectivity index (χ1) is 10.0. The Morgan fingerprint density at radius 1 is 1.29 bits per heavy atom. The standard InChI is InChI=1S/C15H27N3O3/c1-16-14(19)13-8-5-4-7-12(13)11-21-15(20)17-9-6-10-18(2)3/h4-5,12-13H,6-11H2,1-3H3,(H,16,19)(H,17,20). The largest absolute Gasteiger partial charge is 0.449 e. The first-order valence-corrected chi connectivity index (χ1v) is 7.46. The molecule has 2 unspecified atom stereocenters. The topological polar surface area (TPSA) is 70.7 Å². The molecule has 1 aliphatic rings. The molecule has 21 heavy (non-hydrogen) atoms. The molecule has 0 spiro atoms. The zero-order valence-electron chi connectivity index (χ0n) is 13.2. The minimum absolute atomic E-state index is 0.0133. The Balaban J connectivity index is 2.27. The summed E-state index contributed by atoms with van der Waals surface area (Å²) in [6.45, 7) is 1.80. The van der Waals surface area contributed by atoms with Gasteiger partial charge in [0.25, 0.3) is 0 Å². The lowest BCUT2D eigenvalue weighted by Gasteiger charge is -2.26. The Morgan fingerprint density at radius 2 is 2.00 bits per heavy atom. The van der Waals surface area contributed by atoms with Crippen LogP contribution in [0.5, 0.6) is 0 Å². The fourth-order valence-corrected chi connectivity index (χ4v) is 2.38. The van der Waals surface area contributed by atoms with E-state index in [1.54, 1.807) is 7.05 Å². The van der Waals surface area contributed by atoms with E-state index < -0.39 is 6.09 Å². The first-order valence-electron chi connectivity index (χ1n) is 7.46. The van der Waals surface area contributed by atoms with E-state index in [-0.39, 0.29) is 24.3 Å². The van der Waals surface area contributed by atoms with Gasteiger partial charge < -0.3 is 20.3 Å². The monoisotopic (exact) mass is 297 g/mol. The molecule has 6 heteroatoms. The van der Waals surface area contributed by atoms with E-state index in [2.05, 4.69) is 15.5 Å². The van der Waals surface area contributed by atoms with Crippen molar-refractivity contribution in [3.8, 4) is 0 Å². The highest BCUT2D eigenvalue weighted by Gasteiger charge is 2.29. The van der Waals surface area contributed by atoms with Crippen LogP contribution in [-0.4, -0.2) is 57.7 Å². The van der Waals surface area contributed by atoms with Crippen molar-refractivity contribution in [2.24, 2.45) is 11.8 Å². The van der Waals surface area contributed by atoms with Gasteiger partial charge in [0.1, 0.15) is 0 Å². The van der Waals surface area contributed by atoms with Crippen molar-refractivity contribution in [3.63, 3.8) is 0 Å². The van der Waals surface area contributed by atoms with Crippen LogP contribution in [-0.2, 0) is 9.53 Å². The SMILES string of the molecule is CNC(=O)C1CC=CCC1COC(=O)NCCCN(C)C. The second-order valence-corrected chi connectivity index (χ2v) is 5.61. The Hall–Kier alpha value is -1.56. The van der Waals surface area contributed by atoms with Crippen LogP contribution in [0.3, 0.4) is 0 Å². The third-order valence-corrected chi connectivity index (χ3v) is 3.63. The molecule has 1 aliphatic carbocycles. The van der Waals surface area contributed by atoms with E-state index in [1.807, 2.05) is 26.2 Å². The van der Waals surface area contributed by atoms with Crippen LogP contribution in [0, 0.1) is 11.8 Å². The van der Waals surface area contributed by atoms with Crippen molar-refractivity contribution in [1.29, 1.82) is 0 Å². The summed E-state index contributed by atoms with van der Waals surface area (Å²) >= 11 is 0. The molecule has 6 nitrogen and oxygen atoms in total. The summed E-state index contributed by atoms with van der Waals surface area (Å²) < 4.78 is 5.24. The number of ether oxygens (including phenoxy) is 1. The minimum Gasteiger partial charge on any atom is -0.449 e. The maximum absolute atomic E-state index is 11.8. The molecule has 2 N–H and O–H groups in total. The van der Waals surface area contributed by atoms with Crippen LogP contribution in [0.4, 0.5) is 4.79 Å². The van der Waals surface area contributed by atoms with E-state index in [1.165, 1.54) is 0 Å². The molecule has 0 saturated heterocycles. The third kappa shape index (κ3) is 6.62. The summed E-state index contributed by atoms with van der Waals surface area (Å²) in [6, 6.07) is 0. The van der Waals surface area contributed by atoms with Crippen molar-refractivity contribution < 1.29 is 14.3 Å². The number of nitrogens with zero attached hydrogens (tertiary/aromatic N) is 1. The Bertz CT molecular complexity index is 369. The van der Waals surface area contributed by atoms with E-state index in [4.69, 9.17) is 4.74 Å². The van der Waals surface area contributed by atoms with Gasteiger partial charge in [-0.15, -0.1) is 0 Å². The smallest absolute Gasteiger partial charge is 0.407 e. The molecule has 0 saturated carbocycles. The van der Waals surface area contributed by atoms with Crippen molar-refractivity contribution >= 4 is 12.0 Å². The lowest BCUT2D eigenvalue weighted by Crippen LogP contribution is -2.37. The van der Waals surface area contributed by atoms with Gasteiger partial charge in [0.15, 0.2) is 0 Å². The van der Waals surface area contributed by atoms with Gasteiger partial charge in [0, 0.05) is 25.4 Å². The summed E-state index contributed by atoms with van der Waals surface area (Å²) in [6.07, 6.45) is 6.01. The molecule has 2 atom stereocenters. The molecule has 0 aromatic heterocycles. The summed E-state index contributed by atoms with van der Waals surface area (Å²) in [4.78, 5) is 25.5. The number of rotatable bonds is 7. The minimum atomic E-state index is -0.404. The maximum Gasteiger partial charge on any atom is 0.407 e. The quantitative estimate of drug-likeness (QED) is 0.543. The summed E-state index contributed by atoms with van der Waals surface area (Å²) in [5.41, 5.74) is 0. The van der Waals surface area contributed by atoms with Crippen molar-refractivity contribution in [2.45, 2.75) is 19.3 Å². The lowest BCUT2D eigenvalue weighted by molar-refractivity contribution is -0.126. The van der Waals surface area contributed by atoms with Gasteiger partial charge in [-0.25, -0.2) is 4.79 Å². The van der Waals surface area contributed by atoms with Gasteiger partial charge >= 0.3 is 6.09 Å². The van der Waals surface area contributed by atoms with Gasteiger partial charge in [-0.3, -0.25) is 4.79 Å². The van der Waals surface area contributed by atoms with Crippen LogP contribution in [0.2, 0.25) is 0 Å². The van der Waals surface area contributed by atoms with E-state index >= 15 is 0 Å². The molecule has 0 aromatic rings. The average molecular weight is 297 g/mol. The fourth-order valence-electron chi connectivity index (χ4n) is 2.38. The first kappa shape index (κ1) is 17.5. The Kier molecular flexibility index (Phi) is 7.82. The predicted molar refractivity (Wildman–Crippen MR) is 81.9 cm³/mol. The number of allylic oxidation sites excluding steroid dienone is 2. The number of alkyl carbamates (subject to hydrolysis) is 1. The van der Waals surface area contributed by atoms with E-state index in [0.717, 1.165) is 19.4 Å². The average Bonchev–Trinajstić information content (AvgIpc) is 2.48. The van der Waals surface area contributed by atoms with Crippen LogP contribution in [0.1, 0.15) is 19.3 Å². The summed E-state index contributed by atoms with van der Waals surface area (Å²) in [7, 11) is 5.62. The predicted octanol–water partition coefficient (Wildman–Crippen LogP) is 0.993. The Morgan fingerprint density at radius 3 is 2.67 bits per heavy atom. The second kappa shape index (κ2) is 9.39. The molecule has 0 heterocycles. The van der Waals surface area contributed by atoms with Gasteiger partial charge in [-0.1, -0.05) is 12.2 Å². The number of amides is 2. The second-order valence-electron chi connectivity index (χ2n) is 5.61. The van der Waals surface area contributed by atoms with Crippen LogP contribution >= 0.6 is 0 Å². The molecular formula is C15H27N3O3. The fraction of sp³-hybridized carbons (Fsp3) is 0.733. The lowest BCUT2D eigenvalue weighted by atomic mass is 9.83. The molecule has 0 bridgehead atoms. The molecule has 2 amide bonds. The number of carbonyl (C=O) groups excluding carboxylic acids is 2. The number of carbonyl (C=O) groups is 2. The zero-order chi connectivity index (χ0) is 15.7. The molecule has 0 fully saturated rings. The van der Waals surface area contributed by atoms with Crippen LogP contribution in [0.15, 0.2) is 12.2 Å². The molecule has 1 rings (SSSR count). The van der Waals surface area contributed by atoms with Gasteiger partial charge in [0.05, 0.1) is 6.61 Å². The van der Waals surface area contributed by atoms with Crippen molar-refractivity contribution in [3.05, 3.63) is 12.2 Å². The van der Waals surface area contributed by atoms with Crippen molar-refractivity contribution in [1.82, 2.24) is 15.5 Å². The number of nitrogens with one attached hydrogen (secondary N) is 2. The van der Waals surface area contributed by atoms with Crippen LogP contribution < -0.4 is 10.6 Å². The third-order valence-electron chi connectivity index (χ3n) is 3.63. The molecule has 0 aromatic carbocycles. The normalized spacial score (nSPS) is 21.1. The molecule has 0 radical (unpaired) electrons. The number of hydrogen-bond donors (Lipinski definition) is 2. The van der Waals surface area contributed by atoms with Gasteiger partial charge in [-0.2, -0.15) is 0 Å². The molecular weight excluding hydrogens is 270 g/mol. The Labute approximate surface area is 126 Å². The summed E-state index contributed by atoms with van der Waals surface area (Å²) in [5.74, 6) is -0.0386. The van der Waals surface area contributed by atoms with E-state index in [0.29, 0.717) is 13.0 Å². The highest BCUT2D eigenvalue weighted by Crippen LogP contribution is 2.26. The van der Waals surface area contributed by atoms with Crippen molar-refractivity contribution in [2.75, 3.05) is 40.8 Å². The van der Waals surface area contributed by atoms with Gasteiger partial charge in [-0.05, 0) is 39.9 Å². The zero-order valence-corrected chi connectivity index (χ0v) is 13.2. The van der Waals surface area contributed by atoms with Gasteiger partial charge in [0.2, 0.25) is 5.91 Å².